The maximum absolute atomic E-state index is 14.6. The van der Waals surface area contributed by atoms with Crippen LogP contribution >= 0.6 is 0 Å². The number of hydrogen-bond donors (Lipinski definition) is 17. The minimum Gasteiger partial charge on any atom is -0.481 e. The van der Waals surface area contributed by atoms with E-state index in [-0.39, 0.29) is 110 Å². The number of nitrogens with two attached hydrogens (primary N) is 1. The molecule has 0 spiro atoms. The average molecular weight is 1340 g/mol. The Morgan fingerprint density at radius 1 is 0.266 bits per heavy atom. The molecule has 0 fully saturated rings. The van der Waals surface area contributed by atoms with Gasteiger partial charge in [0.05, 0.1) is 0 Å². The molecule has 13 amide bonds. The van der Waals surface area contributed by atoms with Crippen LogP contribution in [-0.4, -0.2) is 195 Å². The SMILES string of the molecule is CCCCCC(NC(=O)C(CCCCC)NC(=O)C(CCCCNC(=O)C(CCCCNC(=O)C(CCC(=O)O)NC(C)=O)NC(=O)C(CCC(=O)O)NC(C)=O)NC(=O)C(CCCCNC(=O)C(CCC(=O)O)NC(C)=O)NC(=O)C(CCC(=O)O)NC(C)=O)C(N)=O. The molecule has 0 aliphatic rings. The molecule has 0 aromatic heterocycles. The van der Waals surface area contributed by atoms with Crippen molar-refractivity contribution in [3.63, 3.8) is 0 Å². The maximum atomic E-state index is 14.6. The number of carboxylic acid groups (broad SMARTS) is 4. The molecule has 94 heavy (non-hydrogen) atoms. The Labute approximate surface area is 546 Å². The second kappa shape index (κ2) is 48.7. The van der Waals surface area contributed by atoms with E-state index in [0.29, 0.717) is 25.7 Å². The lowest BCUT2D eigenvalue weighted by atomic mass is 10.0. The zero-order valence-electron chi connectivity index (χ0n) is 54.8. The summed E-state index contributed by atoms with van der Waals surface area (Å²) < 4.78 is 0. The van der Waals surface area contributed by atoms with Gasteiger partial charge in [-0.3, -0.25) is 81.5 Å². The van der Waals surface area contributed by atoms with Crippen molar-refractivity contribution in [1.29, 1.82) is 0 Å². The van der Waals surface area contributed by atoms with Crippen LogP contribution in [0, 0.1) is 0 Å². The third-order valence-electron chi connectivity index (χ3n) is 14.4. The van der Waals surface area contributed by atoms with Crippen LogP contribution in [0.1, 0.15) is 202 Å². The normalized spacial score (nSPS) is 13.7. The van der Waals surface area contributed by atoms with E-state index in [1.165, 1.54) is 0 Å². The fraction of sp³-hybridized carbons (Fsp3) is 0.717. The van der Waals surface area contributed by atoms with Crippen molar-refractivity contribution in [3.05, 3.63) is 0 Å². The monoisotopic (exact) mass is 1340 g/mol. The number of carboxylic acids is 4. The lowest BCUT2D eigenvalue weighted by Gasteiger charge is -2.27. The fourth-order valence-electron chi connectivity index (χ4n) is 9.47. The standard InChI is InChI=1S/C60H101N13O21/c1-7-9-11-19-39(52(61)86)69-56(90)41(20-12-10-8-2)71-57(91)42(72-58(92)43(73-60(94)47(68-38(6)77)27-31-51(84)85)23-15-18-34-64-55(89)45(66-36(4)75)25-29-49(80)81)22-14-17-32-62-53(87)40(70-59(93)46(67-37(5)76)26-30-50(82)83)21-13-16-33-63-54(88)44(65-35(3)74)24-28-48(78)79/h39-47H,7-34H2,1-6H3,(H2,61,86)(H,62,87)(H,63,88)(H,64,89)(H,65,74)(H,66,75)(H,67,76)(H,68,77)(H,69,90)(H,70,93)(H,71,91)(H,72,92)(H,73,94)(H,78,79)(H,80,81)(H,82,83)(H,84,85). The molecule has 34 heteroatoms. The van der Waals surface area contributed by atoms with Crippen molar-refractivity contribution in [3.8, 4) is 0 Å². The number of rotatable bonds is 53. The smallest absolute Gasteiger partial charge is 0.303 e. The zero-order valence-corrected chi connectivity index (χ0v) is 54.8. The molecule has 0 rings (SSSR count). The maximum Gasteiger partial charge on any atom is 0.303 e. The average Bonchev–Trinajstić information content (AvgIpc) is 0.925. The van der Waals surface area contributed by atoms with Crippen molar-refractivity contribution in [2.75, 3.05) is 19.6 Å². The van der Waals surface area contributed by atoms with E-state index < -0.39 is 187 Å². The molecule has 18 N–H and O–H groups in total. The van der Waals surface area contributed by atoms with E-state index in [1.807, 2.05) is 13.8 Å². The molecule has 0 aliphatic carbocycles. The molecule has 9 atom stereocenters. The van der Waals surface area contributed by atoms with Crippen molar-refractivity contribution in [1.82, 2.24) is 63.8 Å². The third kappa shape index (κ3) is 40.8. The largest absolute Gasteiger partial charge is 0.481 e. The highest BCUT2D eigenvalue weighted by Crippen LogP contribution is 2.13. The van der Waals surface area contributed by atoms with Crippen molar-refractivity contribution < 1.29 is 102 Å². The van der Waals surface area contributed by atoms with Gasteiger partial charge in [-0.1, -0.05) is 52.4 Å². The number of hydrogen-bond acceptors (Lipinski definition) is 17. The zero-order chi connectivity index (χ0) is 71.3. The Bertz CT molecular complexity index is 2550. The molecule has 0 aliphatic heterocycles. The first kappa shape index (κ1) is 85.0. The summed E-state index contributed by atoms with van der Waals surface area (Å²) in [4.78, 5) is 216. The summed E-state index contributed by atoms with van der Waals surface area (Å²) in [5.41, 5.74) is 5.67. The summed E-state index contributed by atoms with van der Waals surface area (Å²) in [5.74, 6) is -15.0. The summed E-state index contributed by atoms with van der Waals surface area (Å²) in [6, 6.07) is -12.0. The van der Waals surface area contributed by atoms with Gasteiger partial charge >= 0.3 is 23.9 Å². The van der Waals surface area contributed by atoms with E-state index in [0.717, 1.165) is 40.5 Å². The number of nitrogens with one attached hydrogen (secondary N) is 12. The summed E-state index contributed by atoms with van der Waals surface area (Å²) in [5, 5.41) is 67.4. The highest BCUT2D eigenvalue weighted by Gasteiger charge is 2.33. The number of primary amides is 1. The molecule has 9 unspecified atom stereocenters. The van der Waals surface area contributed by atoms with Crippen LogP contribution in [0.15, 0.2) is 0 Å². The molecule has 34 nitrogen and oxygen atoms in total. The van der Waals surface area contributed by atoms with Gasteiger partial charge in [0.25, 0.3) is 0 Å². The first-order valence-corrected chi connectivity index (χ1v) is 31.9. The predicted octanol–water partition coefficient (Wildman–Crippen LogP) is -1.61. The Kier molecular flexibility index (Phi) is 44.0. The molecule has 0 radical (unpaired) electrons. The van der Waals surface area contributed by atoms with Gasteiger partial charge in [0.1, 0.15) is 54.4 Å². The van der Waals surface area contributed by atoms with E-state index >= 15 is 0 Å². The molecule has 0 saturated heterocycles. The van der Waals surface area contributed by atoms with Gasteiger partial charge < -0.3 is 90.0 Å². The first-order valence-electron chi connectivity index (χ1n) is 31.9. The van der Waals surface area contributed by atoms with E-state index in [4.69, 9.17) is 15.9 Å². The van der Waals surface area contributed by atoms with Crippen LogP contribution < -0.4 is 69.5 Å². The molecule has 0 aromatic rings. The predicted molar refractivity (Wildman–Crippen MR) is 336 cm³/mol. The first-order chi connectivity index (χ1) is 44.3. The fourth-order valence-corrected chi connectivity index (χ4v) is 9.47. The second-order valence-electron chi connectivity index (χ2n) is 22.8. The minimum absolute atomic E-state index is 0.0157. The Hall–Kier alpha value is -9.01. The lowest BCUT2D eigenvalue weighted by molar-refractivity contribution is -0.139. The van der Waals surface area contributed by atoms with Gasteiger partial charge in [-0.15, -0.1) is 0 Å². The lowest BCUT2D eigenvalue weighted by Crippen LogP contribution is -2.59. The van der Waals surface area contributed by atoms with Gasteiger partial charge in [-0.2, -0.15) is 0 Å². The third-order valence-corrected chi connectivity index (χ3v) is 14.4. The second-order valence-corrected chi connectivity index (χ2v) is 22.8. The quantitative estimate of drug-likeness (QED) is 0.0305. The van der Waals surface area contributed by atoms with Crippen LogP contribution in [0.3, 0.4) is 0 Å². The summed E-state index contributed by atoms with van der Waals surface area (Å²) in [7, 11) is 0. The number of amides is 13. The van der Waals surface area contributed by atoms with E-state index in [2.05, 4.69) is 63.8 Å². The number of unbranched alkanes of at least 4 members (excludes halogenated alkanes) is 7. The van der Waals surface area contributed by atoms with Gasteiger partial charge in [0.2, 0.25) is 76.8 Å². The van der Waals surface area contributed by atoms with Crippen molar-refractivity contribution in [2.24, 2.45) is 5.73 Å². The van der Waals surface area contributed by atoms with Crippen molar-refractivity contribution in [2.45, 2.75) is 256 Å². The summed E-state index contributed by atoms with van der Waals surface area (Å²) in [6.45, 7) is 8.08. The molecule has 0 bridgehead atoms. The number of carbonyl (C=O) groups excluding carboxylic acids is 13. The Morgan fingerprint density at radius 3 is 0.670 bits per heavy atom. The van der Waals surface area contributed by atoms with Gasteiger partial charge in [-0.05, 0) is 96.3 Å². The molecular weight excluding hydrogens is 1240 g/mol. The van der Waals surface area contributed by atoms with Gasteiger partial charge in [-0.25, -0.2) is 0 Å². The Morgan fingerprint density at radius 2 is 0.457 bits per heavy atom. The van der Waals surface area contributed by atoms with Crippen LogP contribution in [0.25, 0.3) is 0 Å². The van der Waals surface area contributed by atoms with Crippen LogP contribution in [-0.2, 0) is 81.5 Å². The number of carbonyl (C=O) groups is 17. The molecule has 532 valence electrons. The Balaban J connectivity index is 7.22. The molecule has 0 aromatic carbocycles. The van der Waals surface area contributed by atoms with Crippen LogP contribution in [0.5, 0.6) is 0 Å². The summed E-state index contributed by atoms with van der Waals surface area (Å²) in [6.07, 6.45) is 1.03. The highest BCUT2D eigenvalue weighted by atomic mass is 16.4. The number of aliphatic carboxylic acids is 4. The van der Waals surface area contributed by atoms with Gasteiger partial charge in [0.15, 0.2) is 0 Å². The minimum atomic E-state index is -1.54. The van der Waals surface area contributed by atoms with Crippen molar-refractivity contribution >= 4 is 101 Å². The van der Waals surface area contributed by atoms with Gasteiger partial charge in [0, 0.05) is 73.0 Å². The van der Waals surface area contributed by atoms with Crippen LogP contribution in [0.4, 0.5) is 0 Å². The topological polar surface area (TPSA) is 541 Å². The summed E-state index contributed by atoms with van der Waals surface area (Å²) >= 11 is 0. The van der Waals surface area contributed by atoms with Crippen LogP contribution in [0.2, 0.25) is 0 Å². The molecule has 0 saturated carbocycles. The van der Waals surface area contributed by atoms with E-state index in [9.17, 15) is 91.7 Å². The molecule has 0 heterocycles. The highest BCUT2D eigenvalue weighted by molar-refractivity contribution is 5.97. The molecular formula is C60H101N13O21. The van der Waals surface area contributed by atoms with E-state index in [1.54, 1.807) is 0 Å².